The number of rotatable bonds is 9. The summed E-state index contributed by atoms with van der Waals surface area (Å²) in [6, 6.07) is 2.98. The second-order valence-corrected chi connectivity index (χ2v) is 6.98. The van der Waals surface area contributed by atoms with Crippen LogP contribution in [0.3, 0.4) is 0 Å². The van der Waals surface area contributed by atoms with Gasteiger partial charge in [0, 0.05) is 17.8 Å². The molecule has 140 valence electrons. The molecule has 2 rings (SSSR count). The summed E-state index contributed by atoms with van der Waals surface area (Å²) in [5.74, 6) is -1.76. The van der Waals surface area contributed by atoms with Crippen LogP contribution in [0.25, 0.3) is 0 Å². The van der Waals surface area contributed by atoms with Gasteiger partial charge in [-0.3, -0.25) is 4.79 Å². The van der Waals surface area contributed by atoms with Gasteiger partial charge in [0.25, 0.3) is 0 Å². The number of carbonyl (C=O) groups excluding carboxylic acids is 2. The second kappa shape index (κ2) is 9.27. The van der Waals surface area contributed by atoms with Crippen LogP contribution in [0.15, 0.2) is 45.5 Å². The molecule has 0 radical (unpaired) electrons. The van der Waals surface area contributed by atoms with Crippen molar-refractivity contribution in [2.45, 2.75) is 25.5 Å². The topological polar surface area (TPSA) is 64.6 Å². The highest BCUT2D eigenvalue weighted by Gasteiger charge is 2.27. The molecule has 0 aliphatic heterocycles. The molecule has 1 aromatic rings. The van der Waals surface area contributed by atoms with Crippen molar-refractivity contribution >= 4 is 43.6 Å². The number of halogens is 4. The molecule has 5 nitrogen and oxygen atoms in total. The number of Topliss-reactive ketones (excluding diaryl/α,β-unsaturated/α-hetero) is 1. The Morgan fingerprint density at radius 2 is 2.04 bits per heavy atom. The zero-order valence-corrected chi connectivity index (χ0v) is 16.6. The molecule has 9 heteroatoms. The van der Waals surface area contributed by atoms with Gasteiger partial charge >= 0.3 is 12.6 Å². The molecule has 0 atom stereocenters. The highest BCUT2D eigenvalue weighted by atomic mass is 79.9. The lowest BCUT2D eigenvalue weighted by Crippen LogP contribution is -2.21. The molecule has 1 aliphatic carbocycles. The van der Waals surface area contributed by atoms with Crippen molar-refractivity contribution < 1.29 is 27.8 Å². The Balaban J connectivity index is 2.36. The van der Waals surface area contributed by atoms with Crippen LogP contribution >= 0.6 is 31.9 Å². The van der Waals surface area contributed by atoms with Crippen LogP contribution in [0.5, 0.6) is 5.75 Å². The SMILES string of the molecule is C=CCOC(=O)C(=CNC1CC1)C(=O)c1ccc(Br)c(OC(F)F)c1Br. The minimum atomic E-state index is -3.07. The minimum absolute atomic E-state index is 0.00557. The smallest absolute Gasteiger partial charge is 0.387 e. The molecule has 26 heavy (non-hydrogen) atoms. The van der Waals surface area contributed by atoms with E-state index in [0.29, 0.717) is 0 Å². The Bertz CT molecular complexity index is 749. The maximum Gasteiger partial charge on any atom is 0.387 e. The van der Waals surface area contributed by atoms with Crippen LogP contribution in [-0.2, 0) is 9.53 Å². The average molecular weight is 495 g/mol. The Morgan fingerprint density at radius 1 is 1.35 bits per heavy atom. The van der Waals surface area contributed by atoms with Crippen LogP contribution in [0.2, 0.25) is 0 Å². The summed E-state index contributed by atoms with van der Waals surface area (Å²) < 4.78 is 34.8. The molecule has 0 amide bonds. The summed E-state index contributed by atoms with van der Waals surface area (Å²) in [4.78, 5) is 25.0. The Labute approximate surface area is 165 Å². The first kappa shape index (κ1) is 20.6. The number of alkyl halides is 2. The number of benzene rings is 1. The molecule has 0 unspecified atom stereocenters. The number of esters is 1. The summed E-state index contributed by atoms with van der Waals surface area (Å²) in [5.41, 5.74) is -0.256. The second-order valence-electron chi connectivity index (χ2n) is 5.33. The standard InChI is InChI=1S/C17H15Br2F2NO4/c1-2-7-25-16(24)11(8-22-9-3-4-9)14(23)10-5-6-12(18)15(13(10)19)26-17(20)21/h2,5-6,8-9,17,22H,1,3-4,7H2. The molecule has 0 spiro atoms. The first-order valence-electron chi connectivity index (χ1n) is 7.56. The van der Waals surface area contributed by atoms with E-state index in [4.69, 9.17) is 4.74 Å². The molecular formula is C17H15Br2F2NO4. The predicted molar refractivity (Wildman–Crippen MR) is 98.2 cm³/mol. The highest BCUT2D eigenvalue weighted by Crippen LogP contribution is 2.38. The van der Waals surface area contributed by atoms with Gasteiger partial charge in [0.05, 0.1) is 8.95 Å². The first-order valence-corrected chi connectivity index (χ1v) is 9.15. The van der Waals surface area contributed by atoms with Crippen molar-refractivity contribution in [2.24, 2.45) is 0 Å². The quantitative estimate of drug-likeness (QED) is 0.138. The fourth-order valence-electron chi connectivity index (χ4n) is 1.93. The van der Waals surface area contributed by atoms with Crippen molar-refractivity contribution in [3.63, 3.8) is 0 Å². The third-order valence-corrected chi connectivity index (χ3v) is 4.75. The van der Waals surface area contributed by atoms with Crippen LogP contribution in [0, 0.1) is 0 Å². The summed E-state index contributed by atoms with van der Waals surface area (Å²) in [6.45, 7) is 0.311. The zero-order chi connectivity index (χ0) is 19.3. The maximum atomic E-state index is 12.8. The van der Waals surface area contributed by atoms with Crippen LogP contribution in [0.1, 0.15) is 23.2 Å². The molecule has 0 bridgehead atoms. The van der Waals surface area contributed by atoms with Crippen molar-refractivity contribution in [3.05, 3.63) is 51.1 Å². The third kappa shape index (κ3) is 5.38. The Kier molecular flexibility index (Phi) is 7.33. The number of carbonyl (C=O) groups is 2. The van der Waals surface area contributed by atoms with Gasteiger partial charge in [-0.2, -0.15) is 8.78 Å². The molecular weight excluding hydrogens is 480 g/mol. The van der Waals surface area contributed by atoms with Gasteiger partial charge in [0.1, 0.15) is 12.2 Å². The van der Waals surface area contributed by atoms with Gasteiger partial charge in [-0.15, -0.1) is 0 Å². The number of ether oxygens (including phenoxy) is 2. The lowest BCUT2D eigenvalue weighted by Gasteiger charge is -2.13. The van der Waals surface area contributed by atoms with E-state index in [1.54, 1.807) is 0 Å². The fraction of sp³-hybridized carbons (Fsp3) is 0.294. The summed E-state index contributed by atoms with van der Waals surface area (Å²) in [5, 5.41) is 2.96. The molecule has 0 heterocycles. The van der Waals surface area contributed by atoms with Gasteiger partial charge in [-0.1, -0.05) is 12.7 Å². The Morgan fingerprint density at radius 3 is 2.62 bits per heavy atom. The molecule has 1 N–H and O–H groups in total. The van der Waals surface area contributed by atoms with E-state index in [9.17, 15) is 18.4 Å². The average Bonchev–Trinajstić information content (AvgIpc) is 3.40. The van der Waals surface area contributed by atoms with E-state index in [1.165, 1.54) is 24.4 Å². The van der Waals surface area contributed by atoms with Crippen molar-refractivity contribution in [3.8, 4) is 5.75 Å². The number of ketones is 1. The normalized spacial score (nSPS) is 14.1. The largest absolute Gasteiger partial charge is 0.458 e. The number of hydrogen-bond donors (Lipinski definition) is 1. The van der Waals surface area contributed by atoms with Crippen LogP contribution < -0.4 is 10.1 Å². The van der Waals surface area contributed by atoms with Crippen molar-refractivity contribution in [1.82, 2.24) is 5.32 Å². The lowest BCUT2D eigenvalue weighted by molar-refractivity contribution is -0.137. The zero-order valence-electron chi connectivity index (χ0n) is 13.4. The van der Waals surface area contributed by atoms with Crippen LogP contribution in [-0.4, -0.2) is 31.0 Å². The van der Waals surface area contributed by atoms with Gasteiger partial charge in [-0.25, -0.2) is 4.79 Å². The van der Waals surface area contributed by atoms with Crippen molar-refractivity contribution in [2.75, 3.05) is 6.61 Å². The molecule has 1 aromatic carbocycles. The Hall–Kier alpha value is -1.74. The predicted octanol–water partition coefficient (Wildman–Crippen LogP) is 4.36. The van der Waals surface area contributed by atoms with E-state index < -0.39 is 18.4 Å². The molecule has 0 aromatic heterocycles. The van der Waals surface area contributed by atoms with Gasteiger partial charge in [-0.05, 0) is 56.8 Å². The monoisotopic (exact) mass is 493 g/mol. The summed E-state index contributed by atoms with van der Waals surface area (Å²) >= 11 is 6.19. The van der Waals surface area contributed by atoms with E-state index in [2.05, 4.69) is 48.5 Å². The molecule has 1 aliphatic rings. The van der Waals surface area contributed by atoms with E-state index >= 15 is 0 Å². The maximum absolute atomic E-state index is 12.8. The van der Waals surface area contributed by atoms with Gasteiger partial charge in [0.15, 0.2) is 5.75 Å². The van der Waals surface area contributed by atoms with Gasteiger partial charge < -0.3 is 14.8 Å². The number of nitrogens with one attached hydrogen (secondary N) is 1. The van der Waals surface area contributed by atoms with Crippen molar-refractivity contribution in [1.29, 1.82) is 0 Å². The van der Waals surface area contributed by atoms with E-state index in [-0.39, 0.29) is 38.5 Å². The fourth-order valence-corrected chi connectivity index (χ4v) is 3.24. The molecule has 1 fully saturated rings. The summed E-state index contributed by atoms with van der Waals surface area (Å²) in [7, 11) is 0. The third-order valence-electron chi connectivity index (χ3n) is 3.34. The van der Waals surface area contributed by atoms with Gasteiger partial charge in [0.2, 0.25) is 5.78 Å². The summed E-state index contributed by atoms with van der Waals surface area (Å²) in [6.07, 6.45) is 4.55. The van der Waals surface area contributed by atoms with E-state index in [1.807, 2.05) is 0 Å². The number of hydrogen-bond acceptors (Lipinski definition) is 5. The van der Waals surface area contributed by atoms with Crippen LogP contribution in [0.4, 0.5) is 8.78 Å². The molecule has 1 saturated carbocycles. The highest BCUT2D eigenvalue weighted by molar-refractivity contribution is 9.11. The first-order chi connectivity index (χ1) is 12.3. The lowest BCUT2D eigenvalue weighted by atomic mass is 10.0. The minimum Gasteiger partial charge on any atom is -0.458 e. The van der Waals surface area contributed by atoms with E-state index in [0.717, 1.165) is 12.8 Å². The molecule has 0 saturated heterocycles.